The van der Waals surface area contributed by atoms with Gasteiger partial charge in [0.1, 0.15) is 6.04 Å². The molecule has 2 amide bonds. The average molecular weight is 407 g/mol. The Bertz CT molecular complexity index is 927. The van der Waals surface area contributed by atoms with Gasteiger partial charge in [-0.2, -0.15) is 0 Å². The summed E-state index contributed by atoms with van der Waals surface area (Å²) in [6.07, 6.45) is 1.63. The first-order chi connectivity index (χ1) is 14.6. The number of nitrogens with zero attached hydrogens (tertiary/aromatic N) is 2. The van der Waals surface area contributed by atoms with Crippen molar-refractivity contribution < 1.29 is 19.1 Å². The number of hydrogen-bond acceptors (Lipinski definition) is 5. The molecule has 2 heterocycles. The Balaban J connectivity index is 1.65. The Morgan fingerprint density at radius 2 is 1.63 bits per heavy atom. The van der Waals surface area contributed by atoms with Gasteiger partial charge in [0.25, 0.3) is 0 Å². The number of rotatable bonds is 4. The van der Waals surface area contributed by atoms with Crippen LogP contribution < -0.4 is 10.2 Å². The number of piperazine rings is 1. The number of ether oxygens (including phenoxy) is 1. The van der Waals surface area contributed by atoms with E-state index in [9.17, 15) is 14.4 Å². The smallest absolute Gasteiger partial charge is 0.307 e. The van der Waals surface area contributed by atoms with E-state index in [0.29, 0.717) is 13.1 Å². The van der Waals surface area contributed by atoms with Crippen LogP contribution >= 0.6 is 0 Å². The molecule has 1 fully saturated rings. The zero-order valence-corrected chi connectivity index (χ0v) is 17.0. The fourth-order valence-electron chi connectivity index (χ4n) is 4.21. The molecular formula is C23H25N3O4. The van der Waals surface area contributed by atoms with Gasteiger partial charge in [-0.25, -0.2) is 0 Å². The van der Waals surface area contributed by atoms with Crippen LogP contribution in [0.4, 0.5) is 11.4 Å². The standard InChI is InChI=1S/C23H25N3O4/c1-30-22(28)14-20-23(29)24-12-13-25(20)15-21(27)26-18-8-4-2-6-16(18)10-11-17-7-3-5-9-19(17)26/h2-9,20H,10-15H2,1H3,(H,24,29). The minimum atomic E-state index is -0.715. The molecule has 1 N–H and O–H groups in total. The van der Waals surface area contributed by atoms with E-state index >= 15 is 0 Å². The summed E-state index contributed by atoms with van der Waals surface area (Å²) in [5.41, 5.74) is 3.98. The van der Waals surface area contributed by atoms with Gasteiger partial charge < -0.3 is 10.1 Å². The number of amides is 2. The number of para-hydroxylation sites is 2. The van der Waals surface area contributed by atoms with Crippen molar-refractivity contribution in [2.45, 2.75) is 25.3 Å². The molecule has 0 bridgehead atoms. The van der Waals surface area contributed by atoms with Gasteiger partial charge in [-0.15, -0.1) is 0 Å². The summed E-state index contributed by atoms with van der Waals surface area (Å²) < 4.78 is 4.74. The van der Waals surface area contributed by atoms with Gasteiger partial charge in [0.15, 0.2) is 0 Å². The number of benzene rings is 2. The lowest BCUT2D eigenvalue weighted by atomic mass is 10.0. The molecule has 1 saturated heterocycles. The maximum Gasteiger partial charge on any atom is 0.307 e. The third-order valence-electron chi connectivity index (χ3n) is 5.75. The second-order valence-electron chi connectivity index (χ2n) is 7.54. The summed E-state index contributed by atoms with van der Waals surface area (Å²) in [7, 11) is 1.30. The van der Waals surface area contributed by atoms with Gasteiger partial charge in [-0.1, -0.05) is 36.4 Å². The van der Waals surface area contributed by atoms with Gasteiger partial charge in [0.05, 0.1) is 31.5 Å². The van der Waals surface area contributed by atoms with Gasteiger partial charge in [0, 0.05) is 13.1 Å². The lowest BCUT2D eigenvalue weighted by Gasteiger charge is -2.35. The van der Waals surface area contributed by atoms with Gasteiger partial charge in [-0.3, -0.25) is 24.2 Å². The minimum Gasteiger partial charge on any atom is -0.469 e. The van der Waals surface area contributed by atoms with E-state index < -0.39 is 12.0 Å². The highest BCUT2D eigenvalue weighted by Crippen LogP contribution is 2.36. The van der Waals surface area contributed by atoms with E-state index in [1.54, 1.807) is 9.80 Å². The van der Waals surface area contributed by atoms with E-state index in [0.717, 1.165) is 35.3 Å². The fourth-order valence-corrected chi connectivity index (χ4v) is 4.21. The van der Waals surface area contributed by atoms with Crippen LogP contribution in [0.15, 0.2) is 48.5 Å². The lowest BCUT2D eigenvalue weighted by molar-refractivity contribution is -0.146. The Kier molecular flexibility index (Phi) is 5.81. The lowest BCUT2D eigenvalue weighted by Crippen LogP contribution is -2.58. The van der Waals surface area contributed by atoms with E-state index in [1.807, 2.05) is 36.4 Å². The molecule has 2 aromatic carbocycles. The summed E-state index contributed by atoms with van der Waals surface area (Å²) in [4.78, 5) is 41.3. The molecule has 2 aliphatic rings. The van der Waals surface area contributed by atoms with Crippen molar-refractivity contribution in [1.82, 2.24) is 10.2 Å². The molecule has 1 unspecified atom stereocenters. The number of esters is 1. The highest BCUT2D eigenvalue weighted by atomic mass is 16.5. The predicted octanol–water partition coefficient (Wildman–Crippen LogP) is 1.81. The molecule has 7 heteroatoms. The Labute approximate surface area is 175 Å². The maximum atomic E-state index is 13.6. The van der Waals surface area contributed by atoms with Crippen molar-refractivity contribution in [3.63, 3.8) is 0 Å². The minimum absolute atomic E-state index is 0.0394. The quantitative estimate of drug-likeness (QED) is 0.782. The second-order valence-corrected chi connectivity index (χ2v) is 7.54. The third kappa shape index (κ3) is 3.93. The van der Waals surface area contributed by atoms with E-state index in [1.165, 1.54) is 7.11 Å². The normalized spacial score (nSPS) is 18.6. The highest BCUT2D eigenvalue weighted by molar-refractivity contribution is 6.03. The van der Waals surface area contributed by atoms with Crippen LogP contribution in [0.25, 0.3) is 0 Å². The first-order valence-electron chi connectivity index (χ1n) is 10.2. The summed E-state index contributed by atoms with van der Waals surface area (Å²) in [6.45, 7) is 0.977. The zero-order valence-electron chi connectivity index (χ0n) is 17.0. The highest BCUT2D eigenvalue weighted by Gasteiger charge is 2.35. The number of carbonyl (C=O) groups is 3. The van der Waals surface area contributed by atoms with Crippen LogP contribution in [-0.2, 0) is 32.0 Å². The number of methoxy groups -OCH3 is 1. The number of fused-ring (bicyclic) bond motifs is 2. The van der Waals surface area contributed by atoms with E-state index in [2.05, 4.69) is 17.4 Å². The largest absolute Gasteiger partial charge is 0.469 e. The molecule has 7 nitrogen and oxygen atoms in total. The molecule has 0 spiro atoms. The summed E-state index contributed by atoms with van der Waals surface area (Å²) >= 11 is 0. The van der Waals surface area contributed by atoms with Crippen molar-refractivity contribution in [2.75, 3.05) is 31.6 Å². The van der Waals surface area contributed by atoms with Crippen molar-refractivity contribution in [3.8, 4) is 0 Å². The molecule has 1 atom stereocenters. The number of carbonyl (C=O) groups excluding carboxylic acids is 3. The van der Waals surface area contributed by atoms with Crippen molar-refractivity contribution >= 4 is 29.2 Å². The molecule has 30 heavy (non-hydrogen) atoms. The summed E-state index contributed by atoms with van der Waals surface area (Å²) in [6, 6.07) is 15.1. The zero-order chi connectivity index (χ0) is 21.1. The Morgan fingerprint density at radius 1 is 1.03 bits per heavy atom. The third-order valence-corrected chi connectivity index (χ3v) is 5.75. The number of aryl methyl sites for hydroxylation is 2. The summed E-state index contributed by atoms with van der Waals surface area (Å²) in [5, 5.41) is 2.77. The molecule has 156 valence electrons. The topological polar surface area (TPSA) is 79.0 Å². The van der Waals surface area contributed by atoms with Crippen molar-refractivity contribution in [3.05, 3.63) is 59.7 Å². The monoisotopic (exact) mass is 407 g/mol. The molecule has 2 aliphatic heterocycles. The molecule has 0 aliphatic carbocycles. The first-order valence-corrected chi connectivity index (χ1v) is 10.2. The van der Waals surface area contributed by atoms with Crippen LogP contribution in [0.1, 0.15) is 17.5 Å². The van der Waals surface area contributed by atoms with Crippen molar-refractivity contribution in [1.29, 1.82) is 0 Å². The van der Waals surface area contributed by atoms with E-state index in [-0.39, 0.29) is 24.8 Å². The van der Waals surface area contributed by atoms with Gasteiger partial charge in [-0.05, 0) is 36.1 Å². The van der Waals surface area contributed by atoms with Gasteiger partial charge >= 0.3 is 5.97 Å². The van der Waals surface area contributed by atoms with E-state index in [4.69, 9.17) is 4.74 Å². The van der Waals surface area contributed by atoms with Crippen LogP contribution in [0.3, 0.4) is 0 Å². The Morgan fingerprint density at radius 3 is 2.23 bits per heavy atom. The second kappa shape index (κ2) is 8.67. The first kappa shape index (κ1) is 20.1. The Hall–Kier alpha value is -3.19. The molecular weight excluding hydrogens is 382 g/mol. The molecule has 0 saturated carbocycles. The van der Waals surface area contributed by atoms with Crippen LogP contribution in [0.5, 0.6) is 0 Å². The number of hydrogen-bond donors (Lipinski definition) is 1. The predicted molar refractivity (Wildman–Crippen MR) is 112 cm³/mol. The SMILES string of the molecule is COC(=O)CC1C(=O)NCCN1CC(=O)N1c2ccccc2CCc2ccccc21. The number of nitrogens with one attached hydrogen (secondary N) is 1. The van der Waals surface area contributed by atoms with Crippen LogP contribution in [0.2, 0.25) is 0 Å². The molecule has 0 radical (unpaired) electrons. The average Bonchev–Trinajstić information content (AvgIpc) is 2.93. The fraction of sp³-hybridized carbons (Fsp3) is 0.348. The van der Waals surface area contributed by atoms with Crippen molar-refractivity contribution in [2.24, 2.45) is 0 Å². The maximum absolute atomic E-state index is 13.6. The van der Waals surface area contributed by atoms with Crippen LogP contribution in [0, 0.1) is 0 Å². The van der Waals surface area contributed by atoms with Gasteiger partial charge in [0.2, 0.25) is 11.8 Å². The number of anilines is 2. The van der Waals surface area contributed by atoms with Crippen LogP contribution in [-0.4, -0.2) is 55.5 Å². The molecule has 0 aromatic heterocycles. The molecule has 2 aromatic rings. The summed E-state index contributed by atoms with van der Waals surface area (Å²) in [5.74, 6) is -0.850. The molecule has 4 rings (SSSR count).